The number of benzene rings is 1. The van der Waals surface area contributed by atoms with Crippen LogP contribution in [-0.2, 0) is 10.8 Å². The molecule has 0 atom stereocenters. The molecule has 0 bridgehead atoms. The van der Waals surface area contributed by atoms with E-state index < -0.39 is 0 Å². The van der Waals surface area contributed by atoms with E-state index in [4.69, 9.17) is 0 Å². The molecular formula is C86H144Br2S3. The average molecular weight is 1430 g/mol. The highest BCUT2D eigenvalue weighted by atomic mass is 79.9. The van der Waals surface area contributed by atoms with Gasteiger partial charge in [0.1, 0.15) is 0 Å². The first kappa shape index (κ1) is 79.5. The van der Waals surface area contributed by atoms with E-state index in [9.17, 15) is 0 Å². The first-order valence-electron chi connectivity index (χ1n) is 41.2. The molecule has 0 saturated heterocycles. The monoisotopic (exact) mass is 1430 g/mol. The Morgan fingerprint density at radius 1 is 0.253 bits per heavy atom. The molecule has 0 nitrogen and oxygen atoms in total. The van der Waals surface area contributed by atoms with Gasteiger partial charge in [0.15, 0.2) is 0 Å². The van der Waals surface area contributed by atoms with Gasteiger partial charge in [-0.15, -0.1) is 34.0 Å². The molecule has 3 heterocycles. The Hall–Kier alpha value is -0.460. The molecule has 520 valence electrons. The van der Waals surface area contributed by atoms with Gasteiger partial charge >= 0.3 is 0 Å². The quantitative estimate of drug-likeness (QED) is 0.0387. The Balaban J connectivity index is 1.16. The fraction of sp³-hybridized carbons (Fsp3) is 0.814. The largest absolute Gasteiger partial charge is 0.134 e. The van der Waals surface area contributed by atoms with Crippen molar-refractivity contribution >= 4 is 76.0 Å². The van der Waals surface area contributed by atoms with Crippen LogP contribution in [0.2, 0.25) is 0 Å². The SMILES string of the molecule is CCCCCCCCCCCCCCCCCC1(CCCCCCCCCCCCCCCCC)c2cc(Br)sc2-c2sc3c4c(ccc3c21)-c1sc(Br)cc1C4(CCCCCCCCCCCCCCCCC)CCCCCCCCCCCCCCCCC. The summed E-state index contributed by atoms with van der Waals surface area (Å²) in [5.74, 6) is 0. The molecule has 6 rings (SSSR count). The summed E-state index contributed by atoms with van der Waals surface area (Å²) >= 11 is 14.7. The van der Waals surface area contributed by atoms with E-state index in [2.05, 4.69) is 118 Å². The molecule has 1 aromatic carbocycles. The van der Waals surface area contributed by atoms with Crippen molar-refractivity contribution in [2.24, 2.45) is 0 Å². The number of hydrogen-bond acceptors (Lipinski definition) is 3. The summed E-state index contributed by atoms with van der Waals surface area (Å²) in [6.07, 6.45) is 91.1. The molecule has 4 aromatic rings. The normalized spacial score (nSPS) is 13.7. The van der Waals surface area contributed by atoms with Crippen LogP contribution in [0.3, 0.4) is 0 Å². The summed E-state index contributed by atoms with van der Waals surface area (Å²) in [6, 6.07) is 10.6. The minimum Gasteiger partial charge on any atom is -0.134 e. The smallest absolute Gasteiger partial charge is 0.0708 e. The van der Waals surface area contributed by atoms with Crippen LogP contribution >= 0.6 is 65.9 Å². The lowest BCUT2D eigenvalue weighted by atomic mass is 9.69. The Bertz CT molecular complexity index is 2330. The summed E-state index contributed by atoms with van der Waals surface area (Å²) in [7, 11) is 0. The molecule has 0 aliphatic heterocycles. The van der Waals surface area contributed by atoms with Crippen molar-refractivity contribution in [3.63, 3.8) is 0 Å². The zero-order valence-corrected chi connectivity index (χ0v) is 66.2. The van der Waals surface area contributed by atoms with E-state index in [0.717, 1.165) is 0 Å². The van der Waals surface area contributed by atoms with Crippen molar-refractivity contribution in [3.8, 4) is 20.2 Å². The van der Waals surface area contributed by atoms with Crippen molar-refractivity contribution in [1.82, 2.24) is 0 Å². The van der Waals surface area contributed by atoms with Gasteiger partial charge in [-0.3, -0.25) is 0 Å². The van der Waals surface area contributed by atoms with Crippen molar-refractivity contribution in [2.75, 3.05) is 0 Å². The molecule has 0 radical (unpaired) electrons. The summed E-state index contributed by atoms with van der Waals surface area (Å²) in [5.41, 5.74) is 8.77. The van der Waals surface area contributed by atoms with Crippen molar-refractivity contribution in [2.45, 2.75) is 449 Å². The lowest BCUT2D eigenvalue weighted by molar-refractivity contribution is 0.398. The van der Waals surface area contributed by atoms with Gasteiger partial charge in [0, 0.05) is 30.2 Å². The number of fused-ring (bicyclic) bond motifs is 9. The van der Waals surface area contributed by atoms with Gasteiger partial charge in [0.25, 0.3) is 0 Å². The first-order chi connectivity index (χ1) is 45.0. The van der Waals surface area contributed by atoms with Crippen LogP contribution in [0.15, 0.2) is 31.8 Å². The van der Waals surface area contributed by atoms with Crippen molar-refractivity contribution in [3.05, 3.63) is 54.1 Å². The maximum absolute atomic E-state index is 4.16. The number of unbranched alkanes of at least 4 members (excludes halogenated alkanes) is 56. The van der Waals surface area contributed by atoms with Crippen LogP contribution < -0.4 is 0 Å². The Kier molecular flexibility index (Phi) is 43.7. The van der Waals surface area contributed by atoms with Gasteiger partial charge in [-0.1, -0.05) is 425 Å². The standard InChI is InChI=1S/C86H144Br2S3/c1-5-9-13-17-21-25-29-33-37-41-45-49-53-57-61-67-85(68-62-58-54-50-46-42-38-34-30-26-22-18-14-10-6-2)75-71-77(87)89-81(75)73-65-66-74-80-84(91-82(74)79(73)85)83-76(72-78(88)90-83)86(80,69-63-59-55-51-47-43-39-35-31-27-23-19-15-11-7-3)70-64-60-56-52-48-44-40-36-32-28-24-20-16-12-8-4/h65-66,71-72H,5-64,67-70H2,1-4H3. The number of hydrogen-bond donors (Lipinski definition) is 0. The van der Waals surface area contributed by atoms with Gasteiger partial charge in [-0.25, -0.2) is 0 Å². The Morgan fingerprint density at radius 2 is 0.484 bits per heavy atom. The summed E-state index contributed by atoms with van der Waals surface area (Å²) in [6.45, 7) is 9.34. The number of halogens is 2. The highest BCUT2D eigenvalue weighted by molar-refractivity contribution is 9.11. The maximum atomic E-state index is 4.16. The average Bonchev–Trinajstić information content (AvgIpc) is 1.52. The van der Waals surface area contributed by atoms with Gasteiger partial charge in [-0.2, -0.15) is 0 Å². The Labute approximate surface area is 594 Å². The van der Waals surface area contributed by atoms with Crippen LogP contribution in [-0.4, -0.2) is 0 Å². The third-order valence-corrected chi connectivity index (χ3v) is 27.2. The summed E-state index contributed by atoms with van der Waals surface area (Å²) < 4.78 is 4.38. The minimum absolute atomic E-state index is 0.0996. The topological polar surface area (TPSA) is 0 Å². The predicted molar refractivity (Wildman–Crippen MR) is 424 cm³/mol. The van der Waals surface area contributed by atoms with Crippen LogP contribution in [0.1, 0.15) is 461 Å². The van der Waals surface area contributed by atoms with Gasteiger partial charge in [0.2, 0.25) is 0 Å². The zero-order chi connectivity index (χ0) is 64.1. The van der Waals surface area contributed by atoms with E-state index in [0.29, 0.717) is 0 Å². The first-order valence-corrected chi connectivity index (χ1v) is 45.2. The lowest BCUT2D eigenvalue weighted by Gasteiger charge is -2.34. The molecular weight excluding hydrogens is 1290 g/mol. The third kappa shape index (κ3) is 28.0. The van der Waals surface area contributed by atoms with Crippen molar-refractivity contribution in [1.29, 1.82) is 0 Å². The molecule has 3 aromatic heterocycles. The molecule has 0 N–H and O–H groups in total. The molecule has 0 fully saturated rings. The van der Waals surface area contributed by atoms with E-state index in [1.807, 2.05) is 0 Å². The second kappa shape index (κ2) is 50.0. The van der Waals surface area contributed by atoms with Gasteiger partial charge < -0.3 is 0 Å². The minimum atomic E-state index is 0.0996. The maximum Gasteiger partial charge on any atom is 0.0708 e. The molecule has 0 spiro atoms. The van der Waals surface area contributed by atoms with Gasteiger partial charge in [0.05, 0.1) is 7.57 Å². The zero-order valence-electron chi connectivity index (χ0n) is 60.5. The van der Waals surface area contributed by atoms with Crippen LogP contribution in [0.5, 0.6) is 0 Å². The van der Waals surface area contributed by atoms with Crippen LogP contribution in [0.25, 0.3) is 30.3 Å². The third-order valence-electron chi connectivity index (χ3n) is 22.5. The van der Waals surface area contributed by atoms with Gasteiger partial charge in [-0.05, 0) is 103 Å². The van der Waals surface area contributed by atoms with Crippen LogP contribution in [0.4, 0.5) is 0 Å². The molecule has 91 heavy (non-hydrogen) atoms. The second-order valence-corrected chi connectivity index (χ2v) is 36.1. The molecule has 5 heteroatoms. The molecule has 0 unspecified atom stereocenters. The van der Waals surface area contributed by atoms with E-state index >= 15 is 0 Å². The molecule has 2 aliphatic rings. The molecule has 2 aliphatic carbocycles. The number of rotatable bonds is 64. The van der Waals surface area contributed by atoms with E-state index in [1.165, 1.54) is 419 Å². The van der Waals surface area contributed by atoms with E-state index in [-0.39, 0.29) is 10.8 Å². The number of thiophene rings is 3. The predicted octanol–water partition coefficient (Wildman–Crippen LogP) is 34.1. The Morgan fingerprint density at radius 3 is 0.758 bits per heavy atom. The van der Waals surface area contributed by atoms with Crippen LogP contribution in [0, 0.1) is 0 Å². The van der Waals surface area contributed by atoms with E-state index in [1.54, 1.807) is 52.5 Å². The molecule has 0 saturated carbocycles. The summed E-state index contributed by atoms with van der Waals surface area (Å²) in [4.78, 5) is 4.89. The second-order valence-electron chi connectivity index (χ2n) is 30.2. The lowest BCUT2D eigenvalue weighted by Crippen LogP contribution is -2.26. The molecule has 0 amide bonds. The van der Waals surface area contributed by atoms with Crippen molar-refractivity contribution < 1.29 is 0 Å². The highest BCUT2D eigenvalue weighted by Gasteiger charge is 2.50. The fourth-order valence-electron chi connectivity index (χ4n) is 17.0. The summed E-state index contributed by atoms with van der Waals surface area (Å²) in [5, 5.41) is 1.66. The highest BCUT2D eigenvalue weighted by Crippen LogP contribution is 2.66. The fourth-order valence-corrected chi connectivity index (χ4v) is 22.1.